The molecule has 1 atom stereocenters. The van der Waals surface area contributed by atoms with Gasteiger partial charge < -0.3 is 10.2 Å². The smallest absolute Gasteiger partial charge is 0.224 e. The standard InChI is InChI=1S/C10H15ClN4/c1-12-8-3-2-6-15(7-8)9-4-5-13-10(11)14-9/h4-5,8,12H,2-3,6-7H2,1H3/t8-/m1/s1. The van der Waals surface area contributed by atoms with Crippen molar-refractivity contribution in [2.24, 2.45) is 0 Å². The van der Waals surface area contributed by atoms with E-state index in [9.17, 15) is 0 Å². The normalized spacial score (nSPS) is 21.7. The first-order valence-corrected chi connectivity index (χ1v) is 5.58. The monoisotopic (exact) mass is 226 g/mol. The number of hydrogen-bond donors (Lipinski definition) is 1. The van der Waals surface area contributed by atoms with Gasteiger partial charge in [-0.1, -0.05) is 0 Å². The third-order valence-corrected chi connectivity index (χ3v) is 2.95. The molecule has 0 aromatic carbocycles. The van der Waals surface area contributed by atoms with Crippen LogP contribution in [-0.2, 0) is 0 Å². The molecule has 1 aromatic rings. The van der Waals surface area contributed by atoms with Gasteiger partial charge in [0, 0.05) is 25.3 Å². The minimum absolute atomic E-state index is 0.319. The van der Waals surface area contributed by atoms with Crippen LogP contribution in [0.2, 0.25) is 5.28 Å². The largest absolute Gasteiger partial charge is 0.355 e. The van der Waals surface area contributed by atoms with E-state index in [0.717, 1.165) is 18.9 Å². The number of halogens is 1. The van der Waals surface area contributed by atoms with E-state index in [1.54, 1.807) is 6.20 Å². The van der Waals surface area contributed by atoms with E-state index in [4.69, 9.17) is 11.6 Å². The lowest BCUT2D eigenvalue weighted by molar-refractivity contribution is 0.447. The highest BCUT2D eigenvalue weighted by Crippen LogP contribution is 2.18. The second-order valence-corrected chi connectivity index (χ2v) is 4.10. The molecule has 82 valence electrons. The van der Waals surface area contributed by atoms with Gasteiger partial charge in [-0.25, -0.2) is 9.97 Å². The summed E-state index contributed by atoms with van der Waals surface area (Å²) in [5.41, 5.74) is 0. The fraction of sp³-hybridized carbons (Fsp3) is 0.600. The number of anilines is 1. The molecule has 4 nitrogen and oxygen atoms in total. The minimum Gasteiger partial charge on any atom is -0.355 e. The Hall–Kier alpha value is -0.870. The zero-order chi connectivity index (χ0) is 10.7. The number of hydrogen-bond acceptors (Lipinski definition) is 4. The lowest BCUT2D eigenvalue weighted by Gasteiger charge is -2.33. The Labute approximate surface area is 94.7 Å². The van der Waals surface area contributed by atoms with Crippen LogP contribution in [0.15, 0.2) is 12.3 Å². The maximum Gasteiger partial charge on any atom is 0.224 e. The van der Waals surface area contributed by atoms with Gasteiger partial charge in [0.15, 0.2) is 0 Å². The van der Waals surface area contributed by atoms with Crippen molar-refractivity contribution in [2.75, 3.05) is 25.0 Å². The minimum atomic E-state index is 0.319. The maximum absolute atomic E-state index is 5.77. The quantitative estimate of drug-likeness (QED) is 0.773. The van der Waals surface area contributed by atoms with E-state index < -0.39 is 0 Å². The van der Waals surface area contributed by atoms with Gasteiger partial charge >= 0.3 is 0 Å². The summed E-state index contributed by atoms with van der Waals surface area (Å²) in [7, 11) is 2.00. The fourth-order valence-electron chi connectivity index (χ4n) is 1.92. The van der Waals surface area contributed by atoms with Crippen LogP contribution in [0.25, 0.3) is 0 Å². The molecule has 0 bridgehead atoms. The molecule has 0 saturated carbocycles. The lowest BCUT2D eigenvalue weighted by atomic mass is 10.1. The number of likely N-dealkylation sites (N-methyl/N-ethyl adjacent to an activating group) is 1. The zero-order valence-corrected chi connectivity index (χ0v) is 9.54. The fourth-order valence-corrected chi connectivity index (χ4v) is 2.07. The summed E-state index contributed by atoms with van der Waals surface area (Å²) in [6.07, 6.45) is 4.12. The second-order valence-electron chi connectivity index (χ2n) is 3.76. The van der Waals surface area contributed by atoms with Gasteiger partial charge in [-0.3, -0.25) is 0 Å². The second kappa shape index (κ2) is 4.77. The van der Waals surface area contributed by atoms with Crippen molar-refractivity contribution < 1.29 is 0 Å². The Morgan fingerprint density at radius 2 is 2.47 bits per heavy atom. The van der Waals surface area contributed by atoms with Crippen LogP contribution in [0, 0.1) is 0 Å². The van der Waals surface area contributed by atoms with Crippen molar-refractivity contribution in [1.29, 1.82) is 0 Å². The lowest BCUT2D eigenvalue weighted by Crippen LogP contribution is -2.44. The highest BCUT2D eigenvalue weighted by atomic mass is 35.5. The van der Waals surface area contributed by atoms with Crippen LogP contribution in [-0.4, -0.2) is 36.1 Å². The summed E-state index contributed by atoms with van der Waals surface area (Å²) in [5.74, 6) is 0.926. The molecule has 1 aliphatic rings. The first-order valence-electron chi connectivity index (χ1n) is 5.20. The molecule has 0 unspecified atom stereocenters. The van der Waals surface area contributed by atoms with Gasteiger partial charge in [-0.05, 0) is 37.6 Å². The average Bonchev–Trinajstić information content (AvgIpc) is 2.29. The molecule has 1 aromatic heterocycles. The van der Waals surface area contributed by atoms with Crippen molar-refractivity contribution >= 4 is 17.4 Å². The zero-order valence-electron chi connectivity index (χ0n) is 8.78. The van der Waals surface area contributed by atoms with Gasteiger partial charge in [-0.2, -0.15) is 0 Å². The molecule has 1 saturated heterocycles. The van der Waals surface area contributed by atoms with E-state index in [1.165, 1.54) is 12.8 Å². The molecule has 1 aliphatic heterocycles. The molecule has 0 amide bonds. The molecule has 15 heavy (non-hydrogen) atoms. The average molecular weight is 227 g/mol. The molecule has 1 fully saturated rings. The summed E-state index contributed by atoms with van der Waals surface area (Å²) in [6, 6.07) is 2.46. The first-order chi connectivity index (χ1) is 7.29. The van der Waals surface area contributed by atoms with E-state index in [2.05, 4.69) is 20.2 Å². The molecular formula is C10H15ClN4. The first kappa shape index (κ1) is 10.6. The van der Waals surface area contributed by atoms with Crippen molar-refractivity contribution in [3.05, 3.63) is 17.5 Å². The molecule has 0 aliphatic carbocycles. The Morgan fingerprint density at radius 1 is 1.60 bits per heavy atom. The molecule has 0 radical (unpaired) electrons. The summed E-state index contributed by atoms with van der Waals surface area (Å²) in [6.45, 7) is 2.04. The molecule has 0 spiro atoms. The van der Waals surface area contributed by atoms with Gasteiger partial charge in [0.25, 0.3) is 0 Å². The predicted molar refractivity (Wildman–Crippen MR) is 61.3 cm³/mol. The summed E-state index contributed by atoms with van der Waals surface area (Å²) in [5, 5.41) is 3.62. The van der Waals surface area contributed by atoms with Crippen LogP contribution in [0.3, 0.4) is 0 Å². The third kappa shape index (κ3) is 2.58. The highest BCUT2D eigenvalue weighted by Gasteiger charge is 2.19. The van der Waals surface area contributed by atoms with Crippen molar-refractivity contribution in [3.63, 3.8) is 0 Å². The van der Waals surface area contributed by atoms with E-state index in [0.29, 0.717) is 11.3 Å². The number of aromatic nitrogens is 2. The summed E-state index contributed by atoms with van der Waals surface area (Å²) in [4.78, 5) is 10.4. The number of piperidine rings is 1. The third-order valence-electron chi connectivity index (χ3n) is 2.77. The summed E-state index contributed by atoms with van der Waals surface area (Å²) < 4.78 is 0. The Kier molecular flexibility index (Phi) is 3.38. The van der Waals surface area contributed by atoms with Crippen LogP contribution in [0.5, 0.6) is 0 Å². The Bertz CT molecular complexity index is 331. The van der Waals surface area contributed by atoms with Crippen molar-refractivity contribution in [2.45, 2.75) is 18.9 Å². The number of nitrogens with zero attached hydrogens (tertiary/aromatic N) is 3. The molecule has 5 heteroatoms. The molecule has 2 rings (SSSR count). The van der Waals surface area contributed by atoms with Gasteiger partial charge in [0.05, 0.1) is 0 Å². The number of rotatable bonds is 2. The van der Waals surface area contributed by atoms with Gasteiger partial charge in [-0.15, -0.1) is 0 Å². The number of nitrogens with one attached hydrogen (secondary N) is 1. The van der Waals surface area contributed by atoms with Crippen molar-refractivity contribution in [1.82, 2.24) is 15.3 Å². The van der Waals surface area contributed by atoms with Crippen LogP contribution in [0.1, 0.15) is 12.8 Å². The van der Waals surface area contributed by atoms with Crippen molar-refractivity contribution in [3.8, 4) is 0 Å². The van der Waals surface area contributed by atoms with E-state index in [-0.39, 0.29) is 0 Å². The highest BCUT2D eigenvalue weighted by molar-refractivity contribution is 6.28. The van der Waals surface area contributed by atoms with Crippen LogP contribution < -0.4 is 10.2 Å². The molecule has 2 heterocycles. The topological polar surface area (TPSA) is 41.0 Å². The SMILES string of the molecule is CN[C@@H]1CCCN(c2ccnc(Cl)n2)C1. The van der Waals surface area contributed by atoms with Crippen LogP contribution >= 0.6 is 11.6 Å². The van der Waals surface area contributed by atoms with E-state index in [1.807, 2.05) is 13.1 Å². The maximum atomic E-state index is 5.77. The summed E-state index contributed by atoms with van der Waals surface area (Å²) >= 11 is 5.77. The molecular weight excluding hydrogens is 212 g/mol. The molecule has 1 N–H and O–H groups in total. The van der Waals surface area contributed by atoms with E-state index >= 15 is 0 Å². The Morgan fingerprint density at radius 3 is 3.20 bits per heavy atom. The van der Waals surface area contributed by atoms with Gasteiger partial charge in [0.2, 0.25) is 5.28 Å². The van der Waals surface area contributed by atoms with Crippen LogP contribution in [0.4, 0.5) is 5.82 Å². The predicted octanol–water partition coefficient (Wildman–Crippen LogP) is 1.32. The Balaban J connectivity index is 2.09. The van der Waals surface area contributed by atoms with Gasteiger partial charge in [0.1, 0.15) is 5.82 Å².